The highest BCUT2D eigenvalue weighted by atomic mass is 31.2. The molecule has 0 saturated carbocycles. The number of hydrogen-bond donors (Lipinski definition) is 2. The average Bonchev–Trinajstić information content (AvgIpc) is 1.96. The van der Waals surface area contributed by atoms with Gasteiger partial charge in [-0.3, -0.25) is 4.52 Å². The topological polar surface area (TPSA) is 93.1 Å². The fourth-order valence-corrected chi connectivity index (χ4v) is 0.645. The van der Waals surface area contributed by atoms with Gasteiger partial charge in [-0.25, -0.2) is 9.36 Å². The van der Waals surface area contributed by atoms with E-state index in [1.165, 1.54) is 0 Å². The van der Waals surface area contributed by atoms with E-state index in [0.717, 1.165) is 0 Å². The van der Waals surface area contributed by atoms with Crippen LogP contribution >= 0.6 is 7.82 Å². The van der Waals surface area contributed by atoms with Crippen LogP contribution < -0.4 is 0 Å². The molecule has 6 nitrogen and oxygen atoms in total. The van der Waals surface area contributed by atoms with E-state index in [2.05, 4.69) is 15.7 Å². The summed E-state index contributed by atoms with van der Waals surface area (Å²) in [6.45, 7) is -0.675. The van der Waals surface area contributed by atoms with Gasteiger partial charge in [-0.2, -0.15) is 0 Å². The monoisotopic (exact) mass is 194 g/mol. The summed E-state index contributed by atoms with van der Waals surface area (Å²) in [7, 11) is -4.48. The van der Waals surface area contributed by atoms with E-state index in [9.17, 15) is 9.36 Å². The summed E-state index contributed by atoms with van der Waals surface area (Å²) in [5, 5.41) is 0. The number of carbonyl (C=O) groups excluding carboxylic acids is 1. The van der Waals surface area contributed by atoms with E-state index in [0.29, 0.717) is 0 Å². The Bertz CT molecular complexity index is 235. The van der Waals surface area contributed by atoms with Gasteiger partial charge in [-0.15, -0.1) is 6.42 Å². The Hall–Kier alpha value is -0.860. The first-order chi connectivity index (χ1) is 5.45. The van der Waals surface area contributed by atoms with Gasteiger partial charge in [-0.05, 0) is 0 Å². The number of phosphoric acid groups is 1. The largest absolute Gasteiger partial charge is 0.469 e. The van der Waals surface area contributed by atoms with E-state index in [1.54, 1.807) is 5.92 Å². The number of carbonyl (C=O) groups is 1. The highest BCUT2D eigenvalue weighted by Gasteiger charge is 2.12. The Balaban J connectivity index is 3.42. The zero-order valence-electron chi connectivity index (χ0n) is 5.97. The maximum absolute atomic E-state index is 10.2. The number of rotatable bonds is 4. The Kier molecular flexibility index (Phi) is 4.55. The predicted octanol–water partition coefficient (Wildman–Crippen LogP) is -0.728. The average molecular weight is 194 g/mol. The lowest BCUT2D eigenvalue weighted by molar-refractivity contribution is -0.137. The van der Waals surface area contributed by atoms with Crippen LogP contribution in [0.3, 0.4) is 0 Å². The number of phosphoric ester groups is 1. The summed E-state index contributed by atoms with van der Waals surface area (Å²) in [4.78, 5) is 26.5. The molecule has 0 amide bonds. The van der Waals surface area contributed by atoms with E-state index in [1.807, 2.05) is 0 Å². The van der Waals surface area contributed by atoms with Crippen LogP contribution in [0.25, 0.3) is 0 Å². The Morgan fingerprint density at radius 2 is 2.08 bits per heavy atom. The number of ether oxygens (including phenoxy) is 1. The Morgan fingerprint density at radius 1 is 1.50 bits per heavy atom. The summed E-state index contributed by atoms with van der Waals surface area (Å²) in [6.07, 6.45) is 4.62. The molecule has 0 aromatic carbocycles. The van der Waals surface area contributed by atoms with Crippen LogP contribution in [0.1, 0.15) is 0 Å². The lowest BCUT2D eigenvalue weighted by atomic mass is 10.7. The Labute approximate surface area is 68.7 Å². The fraction of sp³-hybridized carbons (Fsp3) is 0.400. The minimum atomic E-state index is -4.48. The zero-order valence-corrected chi connectivity index (χ0v) is 6.86. The van der Waals surface area contributed by atoms with E-state index >= 15 is 0 Å². The van der Waals surface area contributed by atoms with Crippen molar-refractivity contribution in [1.82, 2.24) is 0 Å². The molecule has 0 radical (unpaired) electrons. The zero-order chi connectivity index (χ0) is 9.61. The van der Waals surface area contributed by atoms with Crippen LogP contribution in [0.15, 0.2) is 0 Å². The van der Waals surface area contributed by atoms with Crippen molar-refractivity contribution in [3.63, 3.8) is 0 Å². The van der Waals surface area contributed by atoms with Gasteiger partial charge >= 0.3 is 13.8 Å². The second-order valence-electron chi connectivity index (χ2n) is 1.60. The molecule has 0 aliphatic carbocycles. The van der Waals surface area contributed by atoms with Gasteiger partial charge in [0, 0.05) is 5.92 Å². The lowest BCUT2D eigenvalue weighted by Crippen LogP contribution is -2.07. The van der Waals surface area contributed by atoms with Crippen LogP contribution in [0.4, 0.5) is 0 Å². The van der Waals surface area contributed by atoms with Gasteiger partial charge in [0.2, 0.25) is 0 Å². The molecule has 0 bridgehead atoms. The fourth-order valence-electron chi connectivity index (χ4n) is 0.332. The quantitative estimate of drug-likeness (QED) is 0.201. The second-order valence-corrected chi connectivity index (χ2v) is 2.84. The normalized spacial score (nSPS) is 10.4. The van der Waals surface area contributed by atoms with Crippen molar-refractivity contribution in [2.24, 2.45) is 0 Å². The number of hydrogen-bond acceptors (Lipinski definition) is 4. The first-order valence-electron chi connectivity index (χ1n) is 2.79. The standard InChI is InChI=1S/C5H7O6P/c1-2-5(6)10-3-4-11-12(7,8)9/h1H,3-4H2,(H2,7,8,9). The molecule has 0 spiro atoms. The molecule has 0 rings (SSSR count). The van der Waals surface area contributed by atoms with Crippen molar-refractivity contribution in [3.05, 3.63) is 0 Å². The SMILES string of the molecule is C#CC(=O)OCCOP(=O)(O)O. The molecular formula is C5H7O6P. The number of terminal acetylenes is 1. The molecule has 0 aromatic rings. The summed E-state index contributed by atoms with van der Waals surface area (Å²) in [5.41, 5.74) is 0. The molecule has 7 heteroatoms. The third kappa shape index (κ3) is 7.25. The van der Waals surface area contributed by atoms with Crippen molar-refractivity contribution >= 4 is 13.8 Å². The van der Waals surface area contributed by atoms with Crippen LogP contribution in [-0.4, -0.2) is 29.0 Å². The summed E-state index contributed by atoms with van der Waals surface area (Å²) in [6, 6.07) is 0. The van der Waals surface area contributed by atoms with Crippen LogP contribution in [0.2, 0.25) is 0 Å². The van der Waals surface area contributed by atoms with Crippen molar-refractivity contribution in [3.8, 4) is 12.3 Å². The highest BCUT2D eigenvalue weighted by Crippen LogP contribution is 2.35. The number of esters is 1. The van der Waals surface area contributed by atoms with Crippen LogP contribution in [-0.2, 0) is 18.6 Å². The van der Waals surface area contributed by atoms with Crippen molar-refractivity contribution in [2.75, 3.05) is 13.2 Å². The van der Waals surface area contributed by atoms with Crippen LogP contribution in [0.5, 0.6) is 0 Å². The van der Waals surface area contributed by atoms with Gasteiger partial charge in [0.1, 0.15) is 6.61 Å². The van der Waals surface area contributed by atoms with E-state index in [4.69, 9.17) is 9.79 Å². The minimum Gasteiger partial charge on any atom is -0.454 e. The summed E-state index contributed by atoms with van der Waals surface area (Å²) < 4.78 is 18.2. The Morgan fingerprint density at radius 3 is 2.50 bits per heavy atom. The summed E-state index contributed by atoms with van der Waals surface area (Å²) in [5.74, 6) is 0.753. The van der Waals surface area contributed by atoms with Crippen molar-refractivity contribution in [1.29, 1.82) is 0 Å². The minimum absolute atomic E-state index is 0.284. The smallest absolute Gasteiger partial charge is 0.454 e. The van der Waals surface area contributed by atoms with Gasteiger partial charge in [0.15, 0.2) is 0 Å². The molecular weight excluding hydrogens is 187 g/mol. The maximum Gasteiger partial charge on any atom is 0.469 e. The lowest BCUT2D eigenvalue weighted by Gasteiger charge is -2.03. The molecule has 2 N–H and O–H groups in total. The molecule has 68 valence electrons. The first-order valence-corrected chi connectivity index (χ1v) is 4.32. The molecule has 0 saturated heterocycles. The van der Waals surface area contributed by atoms with Gasteiger partial charge in [0.05, 0.1) is 6.61 Å². The molecule has 0 atom stereocenters. The van der Waals surface area contributed by atoms with Gasteiger partial charge in [0.25, 0.3) is 0 Å². The molecule has 0 fully saturated rings. The van der Waals surface area contributed by atoms with Crippen LogP contribution in [0, 0.1) is 12.3 Å². The first kappa shape index (κ1) is 11.1. The van der Waals surface area contributed by atoms with Crippen molar-refractivity contribution in [2.45, 2.75) is 0 Å². The predicted molar refractivity (Wildman–Crippen MR) is 37.8 cm³/mol. The third-order valence-corrected chi connectivity index (χ3v) is 1.21. The molecule has 0 aliphatic heterocycles. The molecule has 0 heterocycles. The molecule has 0 aromatic heterocycles. The molecule has 0 unspecified atom stereocenters. The molecule has 12 heavy (non-hydrogen) atoms. The molecule has 0 aliphatic rings. The van der Waals surface area contributed by atoms with Crippen molar-refractivity contribution < 1.29 is 28.4 Å². The second kappa shape index (κ2) is 4.91. The van der Waals surface area contributed by atoms with E-state index in [-0.39, 0.29) is 6.61 Å². The van der Waals surface area contributed by atoms with Gasteiger partial charge in [-0.1, -0.05) is 0 Å². The third-order valence-electron chi connectivity index (χ3n) is 0.694. The van der Waals surface area contributed by atoms with E-state index < -0.39 is 20.4 Å². The highest BCUT2D eigenvalue weighted by molar-refractivity contribution is 7.46. The maximum atomic E-state index is 10.2. The van der Waals surface area contributed by atoms with Gasteiger partial charge < -0.3 is 14.5 Å². The summed E-state index contributed by atoms with van der Waals surface area (Å²) >= 11 is 0.